The predicted molar refractivity (Wildman–Crippen MR) is 93.8 cm³/mol. The van der Waals surface area contributed by atoms with Crippen LogP contribution in [0.4, 0.5) is 0 Å². The van der Waals surface area contributed by atoms with Crippen LogP contribution in [0.2, 0.25) is 0 Å². The maximum Gasteiger partial charge on any atom is 0.226 e. The number of likely N-dealkylation sites (tertiary alicyclic amines) is 1. The van der Waals surface area contributed by atoms with Gasteiger partial charge < -0.3 is 14.7 Å². The van der Waals surface area contributed by atoms with Crippen molar-refractivity contribution in [2.24, 2.45) is 5.92 Å². The van der Waals surface area contributed by atoms with Crippen LogP contribution in [0.25, 0.3) is 10.7 Å². The van der Waals surface area contributed by atoms with Gasteiger partial charge in [-0.2, -0.15) is 4.98 Å². The third kappa shape index (κ3) is 4.42. The van der Waals surface area contributed by atoms with Gasteiger partial charge in [-0.15, -0.1) is 11.3 Å². The van der Waals surface area contributed by atoms with Crippen molar-refractivity contribution in [1.82, 2.24) is 20.4 Å². The fourth-order valence-electron chi connectivity index (χ4n) is 3.09. The number of carbonyl (C=O) groups is 1. The van der Waals surface area contributed by atoms with Gasteiger partial charge in [-0.25, -0.2) is 0 Å². The van der Waals surface area contributed by atoms with Gasteiger partial charge in [-0.05, 0) is 50.2 Å². The van der Waals surface area contributed by atoms with E-state index in [0.29, 0.717) is 30.5 Å². The largest absolute Gasteiger partial charge is 0.343 e. The molecular formula is C17H24N4O2S. The summed E-state index contributed by atoms with van der Waals surface area (Å²) >= 11 is 1.59. The zero-order valence-electron chi connectivity index (χ0n) is 14.0. The summed E-state index contributed by atoms with van der Waals surface area (Å²) in [5.41, 5.74) is 0. The fourth-order valence-corrected chi connectivity index (χ4v) is 3.74. The van der Waals surface area contributed by atoms with Gasteiger partial charge in [-0.1, -0.05) is 11.2 Å². The predicted octanol–water partition coefficient (Wildman–Crippen LogP) is 2.58. The molecule has 7 heteroatoms. The number of nitrogens with zero attached hydrogens (tertiary/aromatic N) is 3. The minimum absolute atomic E-state index is 0.246. The molecule has 0 radical (unpaired) electrons. The lowest BCUT2D eigenvalue weighted by molar-refractivity contribution is -0.132. The number of carbonyl (C=O) groups excluding carboxylic acids is 1. The van der Waals surface area contributed by atoms with Crippen LogP contribution in [0.5, 0.6) is 0 Å². The van der Waals surface area contributed by atoms with Crippen LogP contribution in [-0.4, -0.2) is 47.6 Å². The number of piperidine rings is 1. The normalized spacial score (nSPS) is 15.8. The second kappa shape index (κ2) is 8.39. The summed E-state index contributed by atoms with van der Waals surface area (Å²) in [6.07, 6.45) is 4.15. The maximum absolute atomic E-state index is 12.3. The molecule has 2 aromatic heterocycles. The molecule has 0 atom stereocenters. The Morgan fingerprint density at radius 2 is 2.29 bits per heavy atom. The van der Waals surface area contributed by atoms with Crippen molar-refractivity contribution in [3.63, 3.8) is 0 Å². The van der Waals surface area contributed by atoms with Crippen LogP contribution in [0, 0.1) is 5.92 Å². The Morgan fingerprint density at radius 1 is 1.46 bits per heavy atom. The van der Waals surface area contributed by atoms with E-state index < -0.39 is 0 Å². The van der Waals surface area contributed by atoms with E-state index >= 15 is 0 Å². The second-order valence-electron chi connectivity index (χ2n) is 6.22. The first-order chi connectivity index (χ1) is 11.8. The van der Waals surface area contributed by atoms with Gasteiger partial charge >= 0.3 is 0 Å². The van der Waals surface area contributed by atoms with Crippen LogP contribution in [0.3, 0.4) is 0 Å². The van der Waals surface area contributed by atoms with E-state index in [-0.39, 0.29) is 5.91 Å². The summed E-state index contributed by atoms with van der Waals surface area (Å²) in [5, 5.41) is 9.20. The molecule has 1 N–H and O–H groups in total. The zero-order valence-corrected chi connectivity index (χ0v) is 14.8. The van der Waals surface area contributed by atoms with Crippen molar-refractivity contribution in [2.45, 2.75) is 32.1 Å². The van der Waals surface area contributed by atoms with Crippen molar-refractivity contribution >= 4 is 17.2 Å². The molecule has 0 unspecified atom stereocenters. The monoisotopic (exact) mass is 348 g/mol. The van der Waals surface area contributed by atoms with Gasteiger partial charge in [-0.3, -0.25) is 4.79 Å². The van der Waals surface area contributed by atoms with E-state index in [0.717, 1.165) is 43.8 Å². The molecule has 0 bridgehead atoms. The number of amides is 1. The first-order valence-corrected chi connectivity index (χ1v) is 9.43. The number of thiophene rings is 1. The molecule has 1 fully saturated rings. The van der Waals surface area contributed by atoms with E-state index in [1.807, 2.05) is 29.5 Å². The third-order valence-corrected chi connectivity index (χ3v) is 5.32. The molecule has 2 aromatic rings. The Labute approximate surface area is 146 Å². The highest BCUT2D eigenvalue weighted by molar-refractivity contribution is 7.13. The lowest BCUT2D eigenvalue weighted by Gasteiger charge is -2.32. The number of nitrogens with one attached hydrogen (secondary N) is 1. The third-order valence-electron chi connectivity index (χ3n) is 4.45. The SMILES string of the molecule is CNCC1CCN(C(=O)CCCc2nc(-c3cccs3)no2)CC1. The smallest absolute Gasteiger partial charge is 0.226 e. The quantitative estimate of drug-likeness (QED) is 0.833. The number of aromatic nitrogens is 2. The van der Waals surface area contributed by atoms with Crippen molar-refractivity contribution in [2.75, 3.05) is 26.7 Å². The molecule has 6 nitrogen and oxygen atoms in total. The number of hydrogen-bond donors (Lipinski definition) is 1. The molecule has 1 aliphatic rings. The van der Waals surface area contributed by atoms with E-state index in [4.69, 9.17) is 4.52 Å². The molecule has 1 aliphatic heterocycles. The highest BCUT2D eigenvalue weighted by Crippen LogP contribution is 2.22. The highest BCUT2D eigenvalue weighted by Gasteiger charge is 2.22. The van der Waals surface area contributed by atoms with Gasteiger partial charge in [0.15, 0.2) is 0 Å². The van der Waals surface area contributed by atoms with E-state index in [9.17, 15) is 4.79 Å². The van der Waals surface area contributed by atoms with Gasteiger partial charge in [0, 0.05) is 25.9 Å². The van der Waals surface area contributed by atoms with Crippen LogP contribution >= 0.6 is 11.3 Å². The molecule has 130 valence electrons. The molecule has 1 saturated heterocycles. The second-order valence-corrected chi connectivity index (χ2v) is 7.17. The maximum atomic E-state index is 12.3. The lowest BCUT2D eigenvalue weighted by atomic mass is 9.96. The summed E-state index contributed by atoms with van der Waals surface area (Å²) < 4.78 is 5.27. The Balaban J connectivity index is 1.40. The van der Waals surface area contributed by atoms with Crippen molar-refractivity contribution in [3.05, 3.63) is 23.4 Å². The van der Waals surface area contributed by atoms with Crippen LogP contribution in [0.1, 0.15) is 31.6 Å². The Kier molecular flexibility index (Phi) is 5.98. The Morgan fingerprint density at radius 3 is 3.00 bits per heavy atom. The summed E-state index contributed by atoms with van der Waals surface area (Å²) in [4.78, 5) is 19.7. The molecule has 3 heterocycles. The Hall–Kier alpha value is -1.73. The molecule has 24 heavy (non-hydrogen) atoms. The highest BCUT2D eigenvalue weighted by atomic mass is 32.1. The molecule has 1 amide bonds. The van der Waals surface area contributed by atoms with Crippen molar-refractivity contribution in [1.29, 1.82) is 0 Å². The van der Waals surface area contributed by atoms with E-state index in [2.05, 4.69) is 15.5 Å². The van der Waals surface area contributed by atoms with Crippen molar-refractivity contribution in [3.8, 4) is 10.7 Å². The van der Waals surface area contributed by atoms with Gasteiger partial charge in [0.2, 0.25) is 17.6 Å². The molecule has 0 aromatic carbocycles. The average Bonchev–Trinajstić information content (AvgIpc) is 3.27. The first-order valence-electron chi connectivity index (χ1n) is 8.55. The molecule has 0 spiro atoms. The van der Waals surface area contributed by atoms with Crippen LogP contribution in [-0.2, 0) is 11.2 Å². The summed E-state index contributed by atoms with van der Waals surface area (Å²) in [6.45, 7) is 2.81. The first kappa shape index (κ1) is 17.1. The summed E-state index contributed by atoms with van der Waals surface area (Å²) in [6, 6.07) is 3.94. The number of aryl methyl sites for hydroxylation is 1. The van der Waals surface area contributed by atoms with Gasteiger partial charge in [0.05, 0.1) is 4.88 Å². The van der Waals surface area contributed by atoms with E-state index in [1.54, 1.807) is 11.3 Å². The van der Waals surface area contributed by atoms with Crippen LogP contribution in [0.15, 0.2) is 22.0 Å². The minimum Gasteiger partial charge on any atom is -0.343 e. The van der Waals surface area contributed by atoms with E-state index in [1.165, 1.54) is 0 Å². The number of hydrogen-bond acceptors (Lipinski definition) is 6. The lowest BCUT2D eigenvalue weighted by Crippen LogP contribution is -2.40. The van der Waals surface area contributed by atoms with Crippen LogP contribution < -0.4 is 5.32 Å². The number of rotatable bonds is 7. The Bertz CT molecular complexity index is 633. The molecule has 0 saturated carbocycles. The fraction of sp³-hybridized carbons (Fsp3) is 0.588. The van der Waals surface area contributed by atoms with Crippen molar-refractivity contribution < 1.29 is 9.32 Å². The zero-order chi connectivity index (χ0) is 16.8. The standard InChI is InChI=1S/C17H24N4O2S/c1-18-12-13-7-9-21(10-8-13)16(22)6-2-5-15-19-17(20-23-15)14-4-3-11-24-14/h3-4,11,13,18H,2,5-10,12H2,1H3. The van der Waals surface area contributed by atoms with Gasteiger partial charge in [0.25, 0.3) is 0 Å². The van der Waals surface area contributed by atoms with Gasteiger partial charge in [0.1, 0.15) is 0 Å². The molecule has 3 rings (SSSR count). The minimum atomic E-state index is 0.246. The molecule has 0 aliphatic carbocycles. The summed E-state index contributed by atoms with van der Waals surface area (Å²) in [7, 11) is 1.99. The topological polar surface area (TPSA) is 71.3 Å². The molecular weight excluding hydrogens is 324 g/mol. The summed E-state index contributed by atoms with van der Waals surface area (Å²) in [5.74, 6) is 2.20. The average molecular weight is 348 g/mol.